The number of rotatable bonds is 3. The molecule has 17 heavy (non-hydrogen) atoms. The molecule has 0 aliphatic carbocycles. The average Bonchev–Trinajstić information content (AvgIpc) is 2.35. The second-order valence-electron chi connectivity index (χ2n) is 3.70. The maximum absolute atomic E-state index is 13.4. The second kappa shape index (κ2) is 5.01. The molecule has 4 heteroatoms. The molecule has 0 fully saturated rings. The van der Waals surface area contributed by atoms with Gasteiger partial charge in [-0.3, -0.25) is 4.98 Å². The Bertz CT molecular complexity index is 482. The lowest BCUT2D eigenvalue weighted by molar-refractivity contribution is 0.175. The summed E-state index contributed by atoms with van der Waals surface area (Å²) in [6.07, 6.45) is 2.01. The zero-order valence-electron chi connectivity index (χ0n) is 8.98. The van der Waals surface area contributed by atoms with Gasteiger partial charge in [0.2, 0.25) is 0 Å². The maximum Gasteiger partial charge on any atom is 0.129 e. The number of pyridine rings is 1. The van der Waals surface area contributed by atoms with E-state index in [-0.39, 0.29) is 12.0 Å². The van der Waals surface area contributed by atoms with E-state index in [1.165, 1.54) is 30.6 Å². The van der Waals surface area contributed by atoms with Gasteiger partial charge in [-0.25, -0.2) is 8.78 Å². The van der Waals surface area contributed by atoms with Crippen molar-refractivity contribution in [2.45, 2.75) is 12.5 Å². The molecule has 2 aromatic rings. The Balaban J connectivity index is 2.22. The van der Waals surface area contributed by atoms with Crippen molar-refractivity contribution in [1.29, 1.82) is 0 Å². The molecule has 1 unspecified atom stereocenters. The van der Waals surface area contributed by atoms with Crippen molar-refractivity contribution >= 4 is 0 Å². The van der Waals surface area contributed by atoms with E-state index in [9.17, 15) is 13.9 Å². The minimum atomic E-state index is -0.940. The summed E-state index contributed by atoms with van der Waals surface area (Å²) in [4.78, 5) is 3.81. The van der Waals surface area contributed by atoms with Crippen LogP contribution in [0.5, 0.6) is 0 Å². The van der Waals surface area contributed by atoms with Crippen LogP contribution in [0.3, 0.4) is 0 Å². The zero-order chi connectivity index (χ0) is 12.3. The van der Waals surface area contributed by atoms with E-state index < -0.39 is 17.7 Å². The van der Waals surface area contributed by atoms with Crippen LogP contribution in [-0.4, -0.2) is 10.1 Å². The smallest absolute Gasteiger partial charge is 0.129 e. The van der Waals surface area contributed by atoms with Crippen molar-refractivity contribution < 1.29 is 13.9 Å². The van der Waals surface area contributed by atoms with Crippen LogP contribution in [0.25, 0.3) is 0 Å². The molecule has 88 valence electrons. The Morgan fingerprint density at radius 2 is 1.65 bits per heavy atom. The number of aliphatic hydroxyl groups excluding tert-OH is 1. The van der Waals surface area contributed by atoms with Crippen LogP contribution in [-0.2, 0) is 6.42 Å². The molecular formula is C13H11F2NO. The summed E-state index contributed by atoms with van der Waals surface area (Å²) in [6.45, 7) is 0. The third-order valence-corrected chi connectivity index (χ3v) is 2.55. The van der Waals surface area contributed by atoms with Crippen LogP contribution in [0, 0.1) is 11.6 Å². The van der Waals surface area contributed by atoms with Crippen molar-refractivity contribution in [2.24, 2.45) is 0 Å². The summed E-state index contributed by atoms with van der Waals surface area (Å²) in [5.41, 5.74) is 0.486. The number of benzene rings is 1. The maximum atomic E-state index is 13.4. The predicted molar refractivity (Wildman–Crippen MR) is 59.3 cm³/mol. The summed E-state index contributed by atoms with van der Waals surface area (Å²) in [6, 6.07) is 6.88. The molecule has 1 heterocycles. The molecule has 1 atom stereocenters. The Labute approximate surface area is 97.6 Å². The fourth-order valence-corrected chi connectivity index (χ4v) is 1.62. The minimum Gasteiger partial charge on any atom is -0.388 e. The number of hydrogen-bond donors (Lipinski definition) is 1. The molecule has 0 bridgehead atoms. The predicted octanol–water partition coefficient (Wildman–Crippen LogP) is 2.64. The highest BCUT2D eigenvalue weighted by atomic mass is 19.1. The van der Waals surface area contributed by atoms with Gasteiger partial charge < -0.3 is 5.11 Å². The van der Waals surface area contributed by atoms with Crippen molar-refractivity contribution in [3.8, 4) is 0 Å². The fourth-order valence-electron chi connectivity index (χ4n) is 1.62. The summed E-state index contributed by atoms with van der Waals surface area (Å²) >= 11 is 0. The van der Waals surface area contributed by atoms with E-state index >= 15 is 0 Å². The molecular weight excluding hydrogens is 224 g/mol. The molecule has 0 saturated heterocycles. The third-order valence-electron chi connectivity index (χ3n) is 2.55. The first-order chi connectivity index (χ1) is 8.18. The van der Waals surface area contributed by atoms with Crippen LogP contribution >= 0.6 is 0 Å². The molecule has 0 aliphatic heterocycles. The van der Waals surface area contributed by atoms with Gasteiger partial charge in [-0.15, -0.1) is 0 Å². The van der Waals surface area contributed by atoms with E-state index in [1.807, 2.05) is 0 Å². The molecule has 1 N–H and O–H groups in total. The van der Waals surface area contributed by atoms with Gasteiger partial charge >= 0.3 is 0 Å². The van der Waals surface area contributed by atoms with Crippen LogP contribution in [0.2, 0.25) is 0 Å². The molecule has 2 nitrogen and oxygen atoms in total. The van der Waals surface area contributed by atoms with Gasteiger partial charge in [0.15, 0.2) is 0 Å². The fraction of sp³-hybridized carbons (Fsp3) is 0.154. The number of hydrogen-bond acceptors (Lipinski definition) is 2. The molecule has 0 amide bonds. The normalized spacial score (nSPS) is 12.4. The molecule has 0 radical (unpaired) electrons. The monoisotopic (exact) mass is 235 g/mol. The molecule has 0 spiro atoms. The molecule has 2 rings (SSSR count). The number of aliphatic hydroxyl groups is 1. The summed E-state index contributed by atoms with van der Waals surface area (Å²) in [5, 5.41) is 9.86. The summed E-state index contributed by atoms with van der Waals surface area (Å²) < 4.78 is 26.7. The highest BCUT2D eigenvalue weighted by Crippen LogP contribution is 2.21. The lowest BCUT2D eigenvalue weighted by Gasteiger charge is -2.11. The first-order valence-corrected chi connectivity index (χ1v) is 5.19. The van der Waals surface area contributed by atoms with E-state index in [2.05, 4.69) is 4.98 Å². The number of aromatic nitrogens is 1. The first-order valence-electron chi connectivity index (χ1n) is 5.19. The molecule has 0 saturated carbocycles. The van der Waals surface area contributed by atoms with Crippen LogP contribution in [0.15, 0.2) is 42.7 Å². The van der Waals surface area contributed by atoms with E-state index in [0.29, 0.717) is 5.56 Å². The average molecular weight is 235 g/mol. The topological polar surface area (TPSA) is 33.1 Å². The van der Waals surface area contributed by atoms with Gasteiger partial charge in [-0.1, -0.05) is 6.07 Å². The first kappa shape index (κ1) is 11.7. The Kier molecular flexibility index (Phi) is 3.44. The van der Waals surface area contributed by atoms with Gasteiger partial charge in [0.1, 0.15) is 11.6 Å². The number of halogens is 2. The third kappa shape index (κ3) is 2.65. The zero-order valence-corrected chi connectivity index (χ0v) is 8.98. The van der Waals surface area contributed by atoms with E-state index in [0.717, 1.165) is 0 Å². The molecule has 0 aliphatic rings. The number of nitrogens with zero attached hydrogens (tertiary/aromatic N) is 1. The second-order valence-corrected chi connectivity index (χ2v) is 3.70. The highest BCUT2D eigenvalue weighted by Gasteiger charge is 2.14. The van der Waals surface area contributed by atoms with Gasteiger partial charge in [-0.05, 0) is 29.8 Å². The van der Waals surface area contributed by atoms with Gasteiger partial charge in [0.25, 0.3) is 0 Å². The van der Waals surface area contributed by atoms with Crippen LogP contribution in [0.4, 0.5) is 8.78 Å². The largest absolute Gasteiger partial charge is 0.388 e. The van der Waals surface area contributed by atoms with Gasteiger partial charge in [-0.2, -0.15) is 0 Å². The Morgan fingerprint density at radius 3 is 2.24 bits per heavy atom. The van der Waals surface area contributed by atoms with Crippen LogP contribution < -0.4 is 0 Å². The van der Waals surface area contributed by atoms with Crippen LogP contribution in [0.1, 0.15) is 17.2 Å². The van der Waals surface area contributed by atoms with Crippen molar-refractivity contribution in [2.75, 3.05) is 0 Å². The van der Waals surface area contributed by atoms with Crippen molar-refractivity contribution in [1.82, 2.24) is 4.98 Å². The van der Waals surface area contributed by atoms with Crippen molar-refractivity contribution in [3.63, 3.8) is 0 Å². The Hall–Kier alpha value is -1.81. The molecule has 1 aromatic heterocycles. The van der Waals surface area contributed by atoms with Gasteiger partial charge in [0, 0.05) is 24.4 Å². The van der Waals surface area contributed by atoms with Crippen molar-refractivity contribution in [3.05, 3.63) is 65.5 Å². The summed E-state index contributed by atoms with van der Waals surface area (Å²) in [7, 11) is 0. The lowest BCUT2D eigenvalue weighted by atomic mass is 10.0. The SMILES string of the molecule is OC(Cc1c(F)cccc1F)c1ccncc1. The van der Waals surface area contributed by atoms with Gasteiger partial charge in [0.05, 0.1) is 6.10 Å². The van der Waals surface area contributed by atoms with E-state index in [4.69, 9.17) is 0 Å². The minimum absolute atomic E-state index is 0.0947. The quantitative estimate of drug-likeness (QED) is 0.887. The highest BCUT2D eigenvalue weighted by molar-refractivity contribution is 5.23. The Morgan fingerprint density at radius 1 is 1.06 bits per heavy atom. The standard InChI is InChI=1S/C13H11F2NO/c14-11-2-1-3-12(15)10(11)8-13(17)9-4-6-16-7-5-9/h1-7,13,17H,8H2. The summed E-state index contributed by atoms with van der Waals surface area (Å²) in [5.74, 6) is -1.28. The molecule has 1 aromatic carbocycles. The lowest BCUT2D eigenvalue weighted by Crippen LogP contribution is -2.05. The van der Waals surface area contributed by atoms with E-state index in [1.54, 1.807) is 12.1 Å².